The second kappa shape index (κ2) is 13.4. The van der Waals surface area contributed by atoms with E-state index in [1.54, 1.807) is 97.1 Å². The van der Waals surface area contributed by atoms with Crippen molar-refractivity contribution in [2.45, 2.75) is 6.42 Å². The maximum Gasteiger partial charge on any atom is 0.428 e. The van der Waals surface area contributed by atoms with E-state index < -0.39 is 15.2 Å². The summed E-state index contributed by atoms with van der Waals surface area (Å²) in [5, 5.41) is 0. The molecule has 0 bridgehead atoms. The van der Waals surface area contributed by atoms with E-state index in [4.69, 9.17) is 18.1 Å². The van der Waals surface area contributed by atoms with Crippen LogP contribution in [0.2, 0.25) is 0 Å². The molecule has 6 nitrogen and oxygen atoms in total. The number of hydrogen-bond acceptors (Lipinski definition) is 6. The van der Waals surface area contributed by atoms with Gasteiger partial charge in [-0.15, -0.1) is 0 Å². The molecule has 4 aromatic rings. The second-order valence-electron chi connectivity index (χ2n) is 7.46. The molecule has 0 atom stereocenters. The summed E-state index contributed by atoms with van der Waals surface area (Å²) in [4.78, 5) is 0. The zero-order valence-electron chi connectivity index (χ0n) is 19.2. The molecular weight excluding hydrogens is 541 g/mol. The predicted molar refractivity (Wildman–Crippen MR) is 137 cm³/mol. The third-order valence-electron chi connectivity index (χ3n) is 4.68. The summed E-state index contributed by atoms with van der Waals surface area (Å²) in [5.74, 6) is 1.62. The van der Waals surface area contributed by atoms with Crippen molar-refractivity contribution in [1.29, 1.82) is 0 Å². The van der Waals surface area contributed by atoms with Gasteiger partial charge >= 0.3 is 7.60 Å². The molecule has 0 radical (unpaired) electrons. The second-order valence-corrected chi connectivity index (χ2v) is 11.3. The van der Waals surface area contributed by atoms with Crippen LogP contribution in [0.3, 0.4) is 0 Å². The van der Waals surface area contributed by atoms with Gasteiger partial charge in [-0.1, -0.05) is 72.8 Å². The Kier molecular flexibility index (Phi) is 10.3. The average molecular weight is 566 g/mol. The average Bonchev–Trinajstić information content (AvgIpc) is 2.86. The normalized spacial score (nSPS) is 11.1. The van der Waals surface area contributed by atoms with Crippen molar-refractivity contribution < 1.29 is 43.7 Å². The van der Waals surface area contributed by atoms with E-state index in [1.807, 2.05) is 24.3 Å². The molecule has 4 rings (SSSR count). The molecule has 0 heterocycles. The van der Waals surface area contributed by atoms with Crippen LogP contribution < -0.4 is 18.1 Å². The summed E-state index contributed by atoms with van der Waals surface area (Å²) in [5.41, 5.74) is 0. The van der Waals surface area contributed by atoms with Crippen LogP contribution in [0.4, 0.5) is 0 Å². The van der Waals surface area contributed by atoms with Gasteiger partial charge in [0, 0.05) is 22.7 Å². The van der Waals surface area contributed by atoms with Crippen LogP contribution in [0.25, 0.3) is 0 Å². The van der Waals surface area contributed by atoms with Gasteiger partial charge in [-0.3, -0.25) is 4.57 Å². The van der Waals surface area contributed by atoms with Crippen molar-refractivity contribution in [2.75, 3.05) is 6.16 Å². The Morgan fingerprint density at radius 3 is 1.14 bits per heavy atom. The topological polar surface area (TPSA) is 71.1 Å². The standard InChI is InChI=1S/C27H25O6P2.Ni/c28-34(30-24-14-5-1-6-15-24,31-25-16-7-2-8-17-25)22-13-23-35(29,32-26-18-9-3-10-19-26)33-27-20-11-4-12-21-27;/h1-12,14-22H,13,23H2;/q-1;. The molecule has 0 aliphatic rings. The van der Waals surface area contributed by atoms with Crippen LogP contribution >= 0.6 is 15.2 Å². The van der Waals surface area contributed by atoms with Crippen LogP contribution in [0.15, 0.2) is 121 Å². The van der Waals surface area contributed by atoms with Crippen molar-refractivity contribution in [1.82, 2.24) is 0 Å². The largest absolute Gasteiger partial charge is 0.437 e. The number of rotatable bonds is 12. The Balaban J connectivity index is 0.00000361. The molecule has 0 N–H and O–H groups in total. The Morgan fingerprint density at radius 2 is 0.806 bits per heavy atom. The molecule has 190 valence electrons. The summed E-state index contributed by atoms with van der Waals surface area (Å²) < 4.78 is 50.5. The summed E-state index contributed by atoms with van der Waals surface area (Å²) in [6.45, 7) is 0. The van der Waals surface area contributed by atoms with E-state index in [9.17, 15) is 9.13 Å². The first kappa shape index (κ1) is 27.6. The fourth-order valence-corrected chi connectivity index (χ4v) is 6.34. The smallest absolute Gasteiger partial charge is 0.428 e. The molecule has 0 aromatic heterocycles. The van der Waals surface area contributed by atoms with Crippen LogP contribution in [0.1, 0.15) is 6.42 Å². The van der Waals surface area contributed by atoms with Crippen molar-refractivity contribution in [3.8, 4) is 23.0 Å². The van der Waals surface area contributed by atoms with E-state index >= 15 is 0 Å². The minimum atomic E-state index is -3.77. The SMILES string of the molecule is O=P([CH-]CCP(=O)(Oc1ccccc1)Oc1ccccc1)(Oc1ccccc1)Oc1ccccc1.[Ni]. The monoisotopic (exact) mass is 565 g/mol. The van der Waals surface area contributed by atoms with Gasteiger partial charge in [0.2, 0.25) is 0 Å². The van der Waals surface area contributed by atoms with Gasteiger partial charge < -0.3 is 18.1 Å². The van der Waals surface area contributed by atoms with E-state index in [0.29, 0.717) is 23.0 Å². The van der Waals surface area contributed by atoms with Crippen molar-refractivity contribution in [2.24, 2.45) is 0 Å². The van der Waals surface area contributed by atoms with E-state index in [0.717, 1.165) is 0 Å². The first-order chi connectivity index (χ1) is 17.0. The van der Waals surface area contributed by atoms with Crippen LogP contribution in [0.5, 0.6) is 23.0 Å². The van der Waals surface area contributed by atoms with Crippen LogP contribution in [-0.2, 0) is 25.6 Å². The Morgan fingerprint density at radius 1 is 0.500 bits per heavy atom. The minimum Gasteiger partial charge on any atom is -0.437 e. The number of benzene rings is 4. The molecule has 0 spiro atoms. The molecule has 0 aliphatic heterocycles. The van der Waals surface area contributed by atoms with Crippen LogP contribution in [0, 0.1) is 6.16 Å². The number of para-hydroxylation sites is 4. The van der Waals surface area contributed by atoms with Gasteiger partial charge in [0.15, 0.2) is 0 Å². The van der Waals surface area contributed by atoms with E-state index in [2.05, 4.69) is 0 Å². The fourth-order valence-electron chi connectivity index (χ4n) is 3.12. The summed E-state index contributed by atoms with van der Waals surface area (Å²) in [6.07, 6.45) is 1.45. The number of hydrogen-bond donors (Lipinski definition) is 0. The molecule has 0 saturated carbocycles. The molecule has 9 heteroatoms. The first-order valence-corrected chi connectivity index (χ1v) is 14.4. The van der Waals surface area contributed by atoms with Gasteiger partial charge in [-0.2, -0.15) is 12.6 Å². The molecule has 0 unspecified atom stereocenters. The Hall–Kier alpha value is -2.97. The molecule has 0 aliphatic carbocycles. The van der Waals surface area contributed by atoms with Crippen molar-refractivity contribution in [3.63, 3.8) is 0 Å². The third-order valence-corrected chi connectivity index (χ3v) is 8.10. The molecule has 36 heavy (non-hydrogen) atoms. The summed E-state index contributed by atoms with van der Waals surface area (Å²) in [6, 6.07) is 35.1. The molecule has 4 aromatic carbocycles. The Bertz CT molecular complexity index is 1080. The van der Waals surface area contributed by atoms with Crippen LogP contribution in [-0.4, -0.2) is 6.16 Å². The van der Waals surface area contributed by atoms with E-state index in [1.165, 1.54) is 6.16 Å². The van der Waals surface area contributed by atoms with Gasteiger partial charge in [-0.25, -0.2) is 4.57 Å². The van der Waals surface area contributed by atoms with Crippen molar-refractivity contribution >= 4 is 15.2 Å². The van der Waals surface area contributed by atoms with Gasteiger partial charge in [-0.05, 0) is 48.5 Å². The van der Waals surface area contributed by atoms with Gasteiger partial charge in [0.1, 0.15) is 23.0 Å². The molecule has 0 fully saturated rings. The zero-order chi connectivity index (χ0) is 24.4. The van der Waals surface area contributed by atoms with Crippen molar-refractivity contribution in [3.05, 3.63) is 127 Å². The quantitative estimate of drug-likeness (QED) is 0.0978. The maximum absolute atomic E-state index is 13.7. The third kappa shape index (κ3) is 8.61. The van der Waals surface area contributed by atoms with Gasteiger partial charge in [0.25, 0.3) is 7.60 Å². The minimum absolute atomic E-state index is 0. The van der Waals surface area contributed by atoms with E-state index in [-0.39, 0.29) is 29.1 Å². The molecule has 0 amide bonds. The molecular formula is C27H25NiO6P2-. The summed E-state index contributed by atoms with van der Waals surface area (Å²) in [7, 11) is -7.45. The van der Waals surface area contributed by atoms with Gasteiger partial charge in [0.05, 0.1) is 0 Å². The first-order valence-electron chi connectivity index (χ1n) is 11.0. The summed E-state index contributed by atoms with van der Waals surface area (Å²) >= 11 is 0. The Labute approximate surface area is 221 Å². The molecule has 0 saturated heterocycles. The fraction of sp³-hybridized carbons (Fsp3) is 0.0741. The maximum atomic E-state index is 13.7. The zero-order valence-corrected chi connectivity index (χ0v) is 22.0. The predicted octanol–water partition coefficient (Wildman–Crippen LogP) is 8.24.